The van der Waals surface area contributed by atoms with Crippen molar-refractivity contribution < 1.29 is 4.79 Å². The molecule has 1 aliphatic heterocycles. The highest BCUT2D eigenvalue weighted by Gasteiger charge is 2.32. The van der Waals surface area contributed by atoms with E-state index in [1.54, 1.807) is 6.33 Å². The number of aromatic nitrogens is 2. The molecule has 1 amide bonds. The maximum atomic E-state index is 12.8. The molecule has 0 radical (unpaired) electrons. The second kappa shape index (κ2) is 6.20. The van der Waals surface area contributed by atoms with Crippen LogP contribution in [-0.2, 0) is 11.3 Å². The summed E-state index contributed by atoms with van der Waals surface area (Å²) in [5.74, 6) is 0.749. The first-order valence-corrected chi connectivity index (χ1v) is 9.03. The van der Waals surface area contributed by atoms with Crippen LogP contribution in [0.5, 0.6) is 0 Å². The zero-order valence-electron chi connectivity index (χ0n) is 14.6. The molecular formula is C19H26N4O. The van der Waals surface area contributed by atoms with E-state index in [0.29, 0.717) is 12.5 Å². The van der Waals surface area contributed by atoms with Crippen LogP contribution in [0.2, 0.25) is 0 Å². The largest absolute Gasteiger partial charge is 0.340 e. The van der Waals surface area contributed by atoms with Crippen LogP contribution in [0.3, 0.4) is 0 Å². The van der Waals surface area contributed by atoms with Crippen LogP contribution < -0.4 is 0 Å². The van der Waals surface area contributed by atoms with Gasteiger partial charge in [-0.15, -0.1) is 0 Å². The van der Waals surface area contributed by atoms with E-state index < -0.39 is 0 Å². The molecular weight excluding hydrogens is 300 g/mol. The molecule has 4 rings (SSSR count). The van der Waals surface area contributed by atoms with Gasteiger partial charge < -0.3 is 9.47 Å². The summed E-state index contributed by atoms with van der Waals surface area (Å²) in [6.07, 6.45) is 4.46. The zero-order valence-corrected chi connectivity index (χ0v) is 14.6. The SMILES string of the molecule is Cc1ccc2ncn(CC(=O)N3CCN(C4CC4)C[C@H](C)C3)c2c1. The lowest BCUT2D eigenvalue weighted by molar-refractivity contribution is -0.132. The van der Waals surface area contributed by atoms with Gasteiger partial charge in [0.1, 0.15) is 6.54 Å². The van der Waals surface area contributed by atoms with Crippen molar-refractivity contribution in [3.63, 3.8) is 0 Å². The van der Waals surface area contributed by atoms with Gasteiger partial charge in [-0.25, -0.2) is 4.98 Å². The number of imidazole rings is 1. The average molecular weight is 326 g/mol. The molecule has 2 aliphatic rings. The summed E-state index contributed by atoms with van der Waals surface area (Å²) in [4.78, 5) is 21.9. The number of nitrogens with zero attached hydrogens (tertiary/aromatic N) is 4. The Bertz CT molecular complexity index is 749. The van der Waals surface area contributed by atoms with Crippen LogP contribution in [0.15, 0.2) is 24.5 Å². The Morgan fingerprint density at radius 3 is 2.88 bits per heavy atom. The van der Waals surface area contributed by atoms with E-state index in [0.717, 1.165) is 43.3 Å². The minimum atomic E-state index is 0.209. The van der Waals surface area contributed by atoms with Crippen LogP contribution in [0.1, 0.15) is 25.3 Å². The number of amides is 1. The van der Waals surface area contributed by atoms with E-state index in [4.69, 9.17) is 0 Å². The van der Waals surface area contributed by atoms with Crippen LogP contribution >= 0.6 is 0 Å². The molecule has 1 saturated carbocycles. The summed E-state index contributed by atoms with van der Waals surface area (Å²) in [6.45, 7) is 8.58. The fourth-order valence-electron chi connectivity index (χ4n) is 3.80. The Kier molecular flexibility index (Phi) is 4.04. The summed E-state index contributed by atoms with van der Waals surface area (Å²) >= 11 is 0. The Labute approximate surface area is 143 Å². The van der Waals surface area contributed by atoms with Crippen molar-refractivity contribution in [2.24, 2.45) is 5.92 Å². The second-order valence-electron chi connectivity index (χ2n) is 7.54. The molecule has 0 spiro atoms. The van der Waals surface area contributed by atoms with Gasteiger partial charge in [-0.05, 0) is 43.4 Å². The van der Waals surface area contributed by atoms with Gasteiger partial charge in [-0.2, -0.15) is 0 Å². The predicted octanol–water partition coefficient (Wildman–Crippen LogP) is 2.29. The maximum Gasteiger partial charge on any atom is 0.242 e. The van der Waals surface area contributed by atoms with Gasteiger partial charge >= 0.3 is 0 Å². The number of carbonyl (C=O) groups is 1. The molecule has 5 heteroatoms. The fraction of sp³-hybridized carbons (Fsp3) is 0.579. The van der Waals surface area contributed by atoms with Crippen molar-refractivity contribution in [3.05, 3.63) is 30.1 Å². The van der Waals surface area contributed by atoms with Crippen molar-refractivity contribution in [1.82, 2.24) is 19.4 Å². The standard InChI is InChI=1S/C19H26N4O/c1-14-3-6-17-18(9-14)23(13-20-17)12-19(24)22-8-7-21(16-4-5-16)10-15(2)11-22/h3,6,9,13,15-16H,4-5,7-8,10-12H2,1-2H3/t15-/m0/s1. The lowest BCUT2D eigenvalue weighted by Crippen LogP contribution is -2.38. The van der Waals surface area contributed by atoms with Gasteiger partial charge in [0.05, 0.1) is 17.4 Å². The van der Waals surface area contributed by atoms with Gasteiger partial charge in [-0.3, -0.25) is 9.69 Å². The van der Waals surface area contributed by atoms with E-state index in [2.05, 4.69) is 40.8 Å². The molecule has 128 valence electrons. The number of carbonyl (C=O) groups excluding carboxylic acids is 1. The summed E-state index contributed by atoms with van der Waals surface area (Å²) in [5, 5.41) is 0. The third-order valence-electron chi connectivity index (χ3n) is 5.23. The number of hydrogen-bond acceptors (Lipinski definition) is 3. The number of aryl methyl sites for hydroxylation is 1. The van der Waals surface area contributed by atoms with Gasteiger partial charge in [0.25, 0.3) is 0 Å². The van der Waals surface area contributed by atoms with E-state index in [9.17, 15) is 4.79 Å². The highest BCUT2D eigenvalue weighted by molar-refractivity contribution is 5.81. The van der Waals surface area contributed by atoms with Crippen LogP contribution in [0.25, 0.3) is 11.0 Å². The Morgan fingerprint density at radius 2 is 2.08 bits per heavy atom. The molecule has 0 N–H and O–H groups in total. The quantitative estimate of drug-likeness (QED) is 0.869. The van der Waals surface area contributed by atoms with Gasteiger partial charge in [-0.1, -0.05) is 13.0 Å². The van der Waals surface area contributed by atoms with E-state index in [1.165, 1.54) is 18.4 Å². The van der Waals surface area contributed by atoms with Crippen molar-refractivity contribution in [1.29, 1.82) is 0 Å². The minimum absolute atomic E-state index is 0.209. The molecule has 1 aromatic heterocycles. The number of hydrogen-bond donors (Lipinski definition) is 0. The molecule has 1 atom stereocenters. The van der Waals surface area contributed by atoms with E-state index in [-0.39, 0.29) is 5.91 Å². The normalized spacial score (nSPS) is 22.8. The van der Waals surface area contributed by atoms with Crippen molar-refractivity contribution in [2.75, 3.05) is 26.2 Å². The van der Waals surface area contributed by atoms with Crippen molar-refractivity contribution >= 4 is 16.9 Å². The number of fused-ring (bicyclic) bond motifs is 1. The first-order chi connectivity index (χ1) is 11.6. The number of benzene rings is 1. The van der Waals surface area contributed by atoms with Crippen LogP contribution in [0, 0.1) is 12.8 Å². The minimum Gasteiger partial charge on any atom is -0.340 e. The Morgan fingerprint density at radius 1 is 1.25 bits per heavy atom. The third-order valence-corrected chi connectivity index (χ3v) is 5.23. The molecule has 5 nitrogen and oxygen atoms in total. The summed E-state index contributed by atoms with van der Waals surface area (Å²) < 4.78 is 1.99. The van der Waals surface area contributed by atoms with E-state index >= 15 is 0 Å². The molecule has 0 bridgehead atoms. The first kappa shape index (κ1) is 15.6. The van der Waals surface area contributed by atoms with Crippen molar-refractivity contribution in [2.45, 2.75) is 39.3 Å². The highest BCUT2D eigenvalue weighted by atomic mass is 16.2. The Balaban J connectivity index is 1.47. The summed E-state index contributed by atoms with van der Waals surface area (Å²) in [6, 6.07) is 6.97. The first-order valence-electron chi connectivity index (χ1n) is 9.03. The van der Waals surface area contributed by atoms with Crippen LogP contribution in [-0.4, -0.2) is 57.5 Å². The molecule has 1 aromatic carbocycles. The van der Waals surface area contributed by atoms with E-state index in [1.807, 2.05) is 10.6 Å². The molecule has 2 aromatic rings. The lowest BCUT2D eigenvalue weighted by atomic mass is 10.1. The highest BCUT2D eigenvalue weighted by Crippen LogP contribution is 2.28. The summed E-state index contributed by atoms with van der Waals surface area (Å²) in [7, 11) is 0. The smallest absolute Gasteiger partial charge is 0.242 e. The summed E-state index contributed by atoms with van der Waals surface area (Å²) in [5.41, 5.74) is 3.20. The molecule has 2 fully saturated rings. The monoisotopic (exact) mass is 326 g/mol. The fourth-order valence-corrected chi connectivity index (χ4v) is 3.80. The van der Waals surface area contributed by atoms with Gasteiger partial charge in [0.2, 0.25) is 5.91 Å². The molecule has 1 aliphatic carbocycles. The predicted molar refractivity (Wildman–Crippen MR) is 94.8 cm³/mol. The maximum absolute atomic E-state index is 12.8. The topological polar surface area (TPSA) is 41.4 Å². The third kappa shape index (κ3) is 3.18. The molecule has 0 unspecified atom stereocenters. The average Bonchev–Trinajstić information content (AvgIpc) is 3.34. The van der Waals surface area contributed by atoms with Gasteiger partial charge in [0.15, 0.2) is 0 Å². The van der Waals surface area contributed by atoms with Crippen molar-refractivity contribution in [3.8, 4) is 0 Å². The lowest BCUT2D eigenvalue weighted by Gasteiger charge is -2.22. The molecule has 1 saturated heterocycles. The molecule has 2 heterocycles. The van der Waals surface area contributed by atoms with Gasteiger partial charge in [0, 0.05) is 32.2 Å². The Hall–Kier alpha value is -1.88. The van der Waals surface area contributed by atoms with Crippen LogP contribution in [0.4, 0.5) is 0 Å². The second-order valence-corrected chi connectivity index (χ2v) is 7.54. The zero-order chi connectivity index (χ0) is 16.7. The number of rotatable bonds is 3. The molecule has 24 heavy (non-hydrogen) atoms.